The van der Waals surface area contributed by atoms with E-state index in [4.69, 9.17) is 16.0 Å². The smallest absolute Gasteiger partial charge is 2.00 e. The van der Waals surface area contributed by atoms with Crippen molar-refractivity contribution in [2.75, 3.05) is 0 Å². The van der Waals surface area contributed by atoms with Crippen molar-refractivity contribution in [2.45, 2.75) is 0 Å². The summed E-state index contributed by atoms with van der Waals surface area (Å²) >= 11 is -5.12. The van der Waals surface area contributed by atoms with Crippen LogP contribution >= 0.6 is 0 Å². The molecule has 0 saturated carbocycles. The second-order valence-corrected chi connectivity index (χ2v) is 1.71. The summed E-state index contributed by atoms with van der Waals surface area (Å²) in [6.45, 7) is 0. The minimum atomic E-state index is -5.12. The van der Waals surface area contributed by atoms with Crippen LogP contribution in [-0.4, -0.2) is 53.9 Å². The van der Waals surface area contributed by atoms with Crippen molar-refractivity contribution >= 4 is 45.5 Å². The second kappa shape index (κ2) is 6.24. The largest absolute Gasteiger partial charge is 2.00 e. The van der Waals surface area contributed by atoms with Gasteiger partial charge in [0.25, 0.3) is 0 Å². The standard InChI is InChI=1S/Li.Mn.2H2O.2O.Sr.3H/h;;2*1H2;;;;;;/q+1;+2;;;;;+2;3*-1/p-2. The molecule has 0 spiro atoms. The zero-order valence-corrected chi connectivity index (χ0v) is 8.45. The Morgan fingerprint density at radius 2 is 1.29 bits per heavy atom. The van der Waals surface area contributed by atoms with E-state index in [2.05, 4.69) is 0 Å². The average Bonchev–Trinajstić information content (AvgIpc) is 0.722. The maximum Gasteiger partial charge on any atom is 2.00 e. The zero-order valence-electron chi connectivity index (χ0n) is 6.80. The third-order valence-corrected chi connectivity index (χ3v) is 0. The fourth-order valence-electron chi connectivity index (χ4n) is 0. The Bertz CT molecular complexity index is 104. The molecule has 0 rings (SSSR count). The Morgan fingerprint density at radius 3 is 1.29 bits per heavy atom. The van der Waals surface area contributed by atoms with Gasteiger partial charge in [-0.3, -0.25) is 0 Å². The zero-order chi connectivity index (χ0) is 4.50. The summed E-state index contributed by atoms with van der Waals surface area (Å²) in [5.41, 5.74) is 0. The van der Waals surface area contributed by atoms with Crippen molar-refractivity contribution in [2.24, 2.45) is 0 Å². The molecule has 4 nitrogen and oxygen atoms in total. The minimum absolute atomic E-state index is 0. The predicted molar refractivity (Wildman–Crippen MR) is 14.9 cm³/mol. The molecule has 0 unspecified atom stereocenters. The van der Waals surface area contributed by atoms with Crippen LogP contribution in [0.3, 0.4) is 0 Å². The Labute approximate surface area is 96.5 Å². The minimum Gasteiger partial charge on any atom is 2.00 e. The van der Waals surface area contributed by atoms with E-state index in [1.54, 1.807) is 0 Å². The van der Waals surface area contributed by atoms with Crippen molar-refractivity contribution in [3.63, 3.8) is 0 Å². The van der Waals surface area contributed by atoms with Crippen molar-refractivity contribution in [1.82, 2.24) is 0 Å². The van der Waals surface area contributed by atoms with Gasteiger partial charge in [0.05, 0.1) is 0 Å². The van der Waals surface area contributed by atoms with Crippen LogP contribution in [0.1, 0.15) is 4.28 Å². The summed E-state index contributed by atoms with van der Waals surface area (Å²) < 4.78 is 31.8. The molecule has 0 aliphatic heterocycles. The normalized spacial score (nSPS) is 8.29. The van der Waals surface area contributed by atoms with Gasteiger partial charge >= 0.3 is 93.8 Å². The van der Waals surface area contributed by atoms with E-state index in [0.717, 1.165) is 0 Å². The Balaban J connectivity index is -0.00000000800. The topological polar surface area (TPSA) is 74.6 Å². The monoisotopic (exact) mass is 219 g/mol. The molecule has 0 aromatic heterocycles. The summed E-state index contributed by atoms with van der Waals surface area (Å²) in [6, 6.07) is 0. The molecule has 0 aromatic carbocycles. The average molecular weight is 219 g/mol. The van der Waals surface area contributed by atoms with Gasteiger partial charge in [0.15, 0.2) is 0 Å². The van der Waals surface area contributed by atoms with E-state index in [9.17, 15) is 0 Å². The molecular formula is H5LiMnO4Sr. The van der Waals surface area contributed by atoms with Crippen LogP contribution in [0.2, 0.25) is 0 Å². The van der Waals surface area contributed by atoms with Crippen LogP contribution in [0.5, 0.6) is 0 Å². The quantitative estimate of drug-likeness (QED) is 0.403. The number of hydrogen-bond donors (Lipinski definition) is 2. The van der Waals surface area contributed by atoms with E-state index in [1.807, 2.05) is 0 Å². The molecular weight excluding hydrogens is 213 g/mol. The van der Waals surface area contributed by atoms with E-state index >= 15 is 0 Å². The molecule has 0 aromatic rings. The maximum atomic E-state index is 8.80. The van der Waals surface area contributed by atoms with E-state index in [0.29, 0.717) is 0 Å². The Kier molecular flexibility index (Phi) is 14.3. The summed E-state index contributed by atoms with van der Waals surface area (Å²) in [5.74, 6) is 0. The fraction of sp³-hybridized carbons (Fsp3) is 0. The van der Waals surface area contributed by atoms with E-state index in [1.165, 1.54) is 0 Å². The molecule has 0 aliphatic rings. The Morgan fingerprint density at radius 1 is 1.29 bits per heavy atom. The van der Waals surface area contributed by atoms with Gasteiger partial charge < -0.3 is 4.28 Å². The number of rotatable bonds is 0. The molecule has 0 aliphatic carbocycles. The first-order valence-electron chi connectivity index (χ1n) is 0.647. The van der Waals surface area contributed by atoms with E-state index in [-0.39, 0.29) is 68.6 Å². The summed E-state index contributed by atoms with van der Waals surface area (Å²) in [6.07, 6.45) is 0. The molecule has 39 valence electrons. The van der Waals surface area contributed by atoms with E-state index < -0.39 is 13.4 Å². The van der Waals surface area contributed by atoms with Gasteiger partial charge in [-0.1, -0.05) is 0 Å². The molecule has 7 heavy (non-hydrogen) atoms. The van der Waals surface area contributed by atoms with Gasteiger partial charge in [-0.15, -0.1) is 0 Å². The van der Waals surface area contributed by atoms with Crippen molar-refractivity contribution in [1.29, 1.82) is 0 Å². The molecule has 0 radical (unpaired) electrons. The van der Waals surface area contributed by atoms with Gasteiger partial charge in [0.2, 0.25) is 0 Å². The van der Waals surface area contributed by atoms with Crippen LogP contribution in [0.4, 0.5) is 0 Å². The van der Waals surface area contributed by atoms with Gasteiger partial charge in [0.1, 0.15) is 0 Å². The Hall–Kier alpha value is 2.12. The second-order valence-electron chi connectivity index (χ2n) is 0.415. The first-order chi connectivity index (χ1) is 2.00. The van der Waals surface area contributed by atoms with Crippen molar-refractivity contribution in [3.05, 3.63) is 0 Å². The van der Waals surface area contributed by atoms with Crippen molar-refractivity contribution < 1.29 is 52.6 Å². The van der Waals surface area contributed by atoms with Gasteiger partial charge in [-0.25, -0.2) is 0 Å². The van der Waals surface area contributed by atoms with Crippen LogP contribution in [-0.2, 0) is 21.0 Å². The molecule has 0 atom stereocenters. The predicted octanol–water partition coefficient (Wildman–Crippen LogP) is -4.39. The molecule has 0 amide bonds. The fourth-order valence-corrected chi connectivity index (χ4v) is 0. The van der Waals surface area contributed by atoms with Crippen LogP contribution in [0.15, 0.2) is 0 Å². The molecule has 0 heterocycles. The van der Waals surface area contributed by atoms with Crippen LogP contribution in [0.25, 0.3) is 0 Å². The molecule has 0 bridgehead atoms. The molecule has 7 heteroatoms. The van der Waals surface area contributed by atoms with Crippen LogP contribution in [0, 0.1) is 0 Å². The summed E-state index contributed by atoms with van der Waals surface area (Å²) in [4.78, 5) is 0. The first kappa shape index (κ1) is 16.1. The molecule has 0 fully saturated rings. The van der Waals surface area contributed by atoms with Gasteiger partial charge in [-0.2, -0.15) is 0 Å². The van der Waals surface area contributed by atoms with Crippen molar-refractivity contribution in [3.8, 4) is 0 Å². The summed E-state index contributed by atoms with van der Waals surface area (Å²) in [7, 11) is 0. The molecule has 2 N–H and O–H groups in total. The first-order valence-corrected chi connectivity index (χ1v) is 2.67. The third-order valence-electron chi connectivity index (χ3n) is 0. The number of hydrogen-bond acceptors (Lipinski definition) is 2. The van der Waals surface area contributed by atoms with Gasteiger partial charge in [-0.05, 0) is 0 Å². The van der Waals surface area contributed by atoms with Gasteiger partial charge in [0, 0.05) is 0 Å². The summed E-state index contributed by atoms with van der Waals surface area (Å²) in [5, 5.41) is 0. The molecule has 0 saturated heterocycles. The third kappa shape index (κ3) is 67.8. The van der Waals surface area contributed by atoms with Crippen LogP contribution < -0.4 is 18.9 Å². The SMILES string of the molecule is [H-].[H-].[H-].[Li+].[O]=[Mn](=[O])([OH])[OH].[Sr+2]. The maximum absolute atomic E-state index is 8.80.